The van der Waals surface area contributed by atoms with Gasteiger partial charge < -0.3 is 19.7 Å². The molecule has 2 amide bonds. The minimum Gasteiger partial charge on any atom is -0.481 e. The summed E-state index contributed by atoms with van der Waals surface area (Å²) in [4.78, 5) is 27.5. The van der Waals surface area contributed by atoms with Crippen LogP contribution >= 0.6 is 0 Å². The first-order chi connectivity index (χ1) is 15.5. The van der Waals surface area contributed by atoms with Crippen LogP contribution in [0.2, 0.25) is 0 Å². The normalized spacial score (nSPS) is 18.6. The number of hydrogen-bond acceptors (Lipinski definition) is 4. The quantitative estimate of drug-likeness (QED) is 0.644. The zero-order valence-electron chi connectivity index (χ0n) is 19.1. The molecule has 1 N–H and O–H groups in total. The summed E-state index contributed by atoms with van der Waals surface area (Å²) in [5.41, 5.74) is 4.59. The fourth-order valence-corrected chi connectivity index (χ4v) is 4.35. The van der Waals surface area contributed by atoms with Crippen molar-refractivity contribution in [3.63, 3.8) is 0 Å². The lowest BCUT2D eigenvalue weighted by atomic mass is 9.87. The molecule has 6 heteroatoms. The molecule has 32 heavy (non-hydrogen) atoms. The molecule has 0 radical (unpaired) electrons. The molecule has 2 aliphatic rings. The number of ether oxygens (including phenoxy) is 2. The fraction of sp³-hybridized carbons (Fsp3) is 0.462. The lowest BCUT2D eigenvalue weighted by Crippen LogP contribution is -2.41. The van der Waals surface area contributed by atoms with Gasteiger partial charge in [0.05, 0.1) is 12.6 Å². The van der Waals surface area contributed by atoms with Crippen molar-refractivity contribution in [3.05, 3.63) is 64.7 Å². The van der Waals surface area contributed by atoms with Gasteiger partial charge in [0.25, 0.3) is 5.91 Å². The molecule has 2 aromatic rings. The minimum atomic E-state index is -0.630. The Kier molecular flexibility index (Phi) is 6.80. The van der Waals surface area contributed by atoms with Crippen molar-refractivity contribution >= 4 is 11.8 Å². The van der Waals surface area contributed by atoms with Crippen LogP contribution < -0.4 is 10.1 Å². The predicted molar refractivity (Wildman–Crippen MR) is 123 cm³/mol. The molecule has 1 fully saturated rings. The van der Waals surface area contributed by atoms with Crippen molar-refractivity contribution in [3.8, 4) is 5.75 Å². The number of nitrogens with one attached hydrogen (secondary N) is 1. The van der Waals surface area contributed by atoms with E-state index in [0.717, 1.165) is 36.9 Å². The van der Waals surface area contributed by atoms with Gasteiger partial charge in [-0.1, -0.05) is 35.9 Å². The molecule has 170 valence electrons. The smallest absolute Gasteiger partial charge is 0.260 e. The Hall–Kier alpha value is -2.86. The Morgan fingerprint density at radius 3 is 2.72 bits per heavy atom. The number of carbonyl (C=O) groups is 2. The molecular formula is C26H32N2O4. The number of methoxy groups -OCH3 is 1. The van der Waals surface area contributed by atoms with Gasteiger partial charge in [0.1, 0.15) is 5.75 Å². The van der Waals surface area contributed by atoms with Crippen LogP contribution in [0.1, 0.15) is 48.1 Å². The maximum absolute atomic E-state index is 13.1. The first kappa shape index (κ1) is 22.3. The van der Waals surface area contributed by atoms with Gasteiger partial charge >= 0.3 is 0 Å². The van der Waals surface area contributed by atoms with Gasteiger partial charge in [-0.15, -0.1) is 0 Å². The van der Waals surface area contributed by atoms with E-state index in [1.807, 2.05) is 23.1 Å². The highest BCUT2D eigenvalue weighted by Crippen LogP contribution is 2.41. The number of benzene rings is 2. The molecule has 0 aromatic heterocycles. The van der Waals surface area contributed by atoms with Crippen LogP contribution in [-0.2, 0) is 20.7 Å². The highest BCUT2D eigenvalue weighted by atomic mass is 16.5. The molecule has 4 rings (SSSR count). The Morgan fingerprint density at radius 2 is 2.00 bits per heavy atom. The largest absolute Gasteiger partial charge is 0.481 e. The van der Waals surface area contributed by atoms with Crippen LogP contribution in [0.5, 0.6) is 5.75 Å². The number of rotatable bonds is 8. The minimum absolute atomic E-state index is 0.138. The zero-order chi connectivity index (χ0) is 22.7. The monoisotopic (exact) mass is 436 g/mol. The van der Waals surface area contributed by atoms with Crippen molar-refractivity contribution in [1.29, 1.82) is 0 Å². The lowest BCUT2D eigenvalue weighted by Gasteiger charge is -2.38. The number of hydrogen-bond donors (Lipinski definition) is 1. The average Bonchev–Trinajstić information content (AvgIpc) is 3.63. The zero-order valence-corrected chi connectivity index (χ0v) is 19.1. The second-order valence-corrected chi connectivity index (χ2v) is 8.78. The highest BCUT2D eigenvalue weighted by Gasteiger charge is 2.39. The third-order valence-electron chi connectivity index (χ3n) is 6.20. The van der Waals surface area contributed by atoms with Crippen LogP contribution in [0.4, 0.5) is 0 Å². The average molecular weight is 437 g/mol. The van der Waals surface area contributed by atoms with Crippen LogP contribution in [0.15, 0.2) is 42.5 Å². The van der Waals surface area contributed by atoms with E-state index < -0.39 is 6.10 Å². The molecule has 0 saturated heterocycles. The SMILES string of the molecule is COCCNC(=O)[C@@H](C)Oc1ccc2c(c1)[C@@H](c1cccc(C)c1)N(C(=O)C1CC1)CC2. The van der Waals surface area contributed by atoms with Gasteiger partial charge in [-0.2, -0.15) is 0 Å². The van der Waals surface area contributed by atoms with E-state index in [2.05, 4.69) is 36.5 Å². The standard InChI is InChI=1S/C26H32N2O4/c1-17-5-4-6-21(15-17)24-23-16-22(32-18(2)25(29)27-12-14-31-3)10-9-19(23)11-13-28(24)26(30)20-7-8-20/h4-6,9-10,15-16,18,20,24H,7-8,11-14H2,1-3H3,(H,27,29)/t18-,24-/m1/s1. The third-order valence-corrected chi connectivity index (χ3v) is 6.20. The summed E-state index contributed by atoms with van der Waals surface area (Å²) in [5, 5.41) is 2.81. The number of fused-ring (bicyclic) bond motifs is 1. The first-order valence-corrected chi connectivity index (χ1v) is 11.4. The fourth-order valence-electron chi connectivity index (χ4n) is 4.35. The number of amides is 2. The summed E-state index contributed by atoms with van der Waals surface area (Å²) in [7, 11) is 1.60. The summed E-state index contributed by atoms with van der Waals surface area (Å²) in [5.74, 6) is 0.871. The van der Waals surface area contributed by atoms with Crippen LogP contribution in [-0.4, -0.2) is 49.6 Å². The first-order valence-electron chi connectivity index (χ1n) is 11.4. The van der Waals surface area contributed by atoms with E-state index in [9.17, 15) is 9.59 Å². The molecule has 1 heterocycles. The van der Waals surface area contributed by atoms with Crippen LogP contribution in [0.25, 0.3) is 0 Å². The second-order valence-electron chi connectivity index (χ2n) is 8.78. The van der Waals surface area contributed by atoms with Crippen molar-refractivity contribution in [1.82, 2.24) is 10.2 Å². The summed E-state index contributed by atoms with van der Waals surface area (Å²) in [6.07, 6.45) is 2.17. The molecule has 1 aliphatic heterocycles. The Morgan fingerprint density at radius 1 is 1.19 bits per heavy atom. The van der Waals surface area contributed by atoms with Gasteiger partial charge in [-0.05, 0) is 61.9 Å². The van der Waals surface area contributed by atoms with E-state index in [0.29, 0.717) is 18.9 Å². The second kappa shape index (κ2) is 9.74. The Balaban J connectivity index is 1.61. The van der Waals surface area contributed by atoms with Crippen LogP contribution in [0.3, 0.4) is 0 Å². The van der Waals surface area contributed by atoms with Gasteiger partial charge in [0.2, 0.25) is 5.91 Å². The summed E-state index contributed by atoms with van der Waals surface area (Å²) >= 11 is 0. The topological polar surface area (TPSA) is 67.9 Å². The lowest BCUT2D eigenvalue weighted by molar-refractivity contribution is -0.134. The van der Waals surface area contributed by atoms with Crippen molar-refractivity contribution in [2.75, 3.05) is 26.8 Å². The van der Waals surface area contributed by atoms with Crippen molar-refractivity contribution in [2.45, 2.75) is 45.3 Å². The summed E-state index contributed by atoms with van der Waals surface area (Å²) in [6.45, 7) is 5.44. The molecule has 0 spiro atoms. The Bertz CT molecular complexity index is 986. The van der Waals surface area contributed by atoms with E-state index in [1.165, 1.54) is 11.1 Å². The Labute approximate surface area is 189 Å². The van der Waals surface area contributed by atoms with Crippen LogP contribution in [0, 0.1) is 12.8 Å². The molecular weight excluding hydrogens is 404 g/mol. The number of carbonyl (C=O) groups excluding carboxylic acids is 2. The molecule has 2 atom stereocenters. The van der Waals surface area contributed by atoms with Gasteiger partial charge in [0.15, 0.2) is 6.10 Å². The summed E-state index contributed by atoms with van der Waals surface area (Å²) in [6, 6.07) is 14.2. The maximum Gasteiger partial charge on any atom is 0.260 e. The van der Waals surface area contributed by atoms with E-state index in [4.69, 9.17) is 9.47 Å². The number of nitrogens with zero attached hydrogens (tertiary/aromatic N) is 1. The molecule has 1 saturated carbocycles. The molecule has 2 aromatic carbocycles. The van der Waals surface area contributed by atoms with E-state index in [-0.39, 0.29) is 23.8 Å². The molecule has 6 nitrogen and oxygen atoms in total. The van der Waals surface area contributed by atoms with Crippen molar-refractivity contribution < 1.29 is 19.1 Å². The molecule has 0 bridgehead atoms. The third kappa shape index (κ3) is 4.96. The highest BCUT2D eigenvalue weighted by molar-refractivity contribution is 5.82. The molecule has 1 aliphatic carbocycles. The van der Waals surface area contributed by atoms with Crippen molar-refractivity contribution in [2.24, 2.45) is 5.92 Å². The van der Waals surface area contributed by atoms with Gasteiger partial charge in [0, 0.05) is 26.1 Å². The van der Waals surface area contributed by atoms with E-state index in [1.54, 1.807) is 14.0 Å². The molecule has 0 unspecified atom stereocenters. The number of aryl methyl sites for hydroxylation is 1. The van der Waals surface area contributed by atoms with E-state index >= 15 is 0 Å². The predicted octanol–water partition coefficient (Wildman–Crippen LogP) is 3.41. The summed E-state index contributed by atoms with van der Waals surface area (Å²) < 4.78 is 11.0. The maximum atomic E-state index is 13.1. The van der Waals surface area contributed by atoms with Gasteiger partial charge in [-0.3, -0.25) is 9.59 Å². The van der Waals surface area contributed by atoms with Gasteiger partial charge in [-0.25, -0.2) is 0 Å².